The number of hydrogen-bond acceptors (Lipinski definition) is 4. The fraction of sp³-hybridized carbons (Fsp3) is 0.333. The van der Waals surface area contributed by atoms with Crippen molar-refractivity contribution in [3.8, 4) is 22.3 Å². The van der Waals surface area contributed by atoms with Crippen LogP contribution < -0.4 is 4.90 Å². The van der Waals surface area contributed by atoms with Gasteiger partial charge in [-0.1, -0.05) is 48.0 Å². The zero-order chi connectivity index (χ0) is 23.2. The largest absolute Gasteiger partial charge is 0.372 e. The highest BCUT2D eigenvalue weighted by Crippen LogP contribution is 2.48. The van der Waals surface area contributed by atoms with Gasteiger partial charge in [0.25, 0.3) is 0 Å². The van der Waals surface area contributed by atoms with E-state index in [-0.39, 0.29) is 12.2 Å². The second kappa shape index (κ2) is 8.52. The summed E-state index contributed by atoms with van der Waals surface area (Å²) in [5.41, 5.74) is 8.59. The summed E-state index contributed by atoms with van der Waals surface area (Å²) in [7, 11) is 0. The Kier molecular flexibility index (Phi) is 5.34. The average Bonchev–Trinajstić information content (AvgIpc) is 3.68. The lowest BCUT2D eigenvalue weighted by Gasteiger charge is -2.36. The van der Waals surface area contributed by atoms with Crippen molar-refractivity contribution in [1.29, 1.82) is 0 Å². The number of anilines is 1. The maximum atomic E-state index is 5.89. The minimum Gasteiger partial charge on any atom is -0.372 e. The number of benzene rings is 2. The highest BCUT2D eigenvalue weighted by Gasteiger charge is 2.29. The van der Waals surface area contributed by atoms with Crippen molar-refractivity contribution >= 4 is 16.7 Å². The molecule has 0 radical (unpaired) electrons. The van der Waals surface area contributed by atoms with E-state index in [0.29, 0.717) is 5.92 Å². The van der Waals surface area contributed by atoms with Crippen LogP contribution in [0.2, 0.25) is 0 Å². The Hall–Kier alpha value is -3.24. The molecule has 0 N–H and O–H groups in total. The minimum absolute atomic E-state index is 0.221. The van der Waals surface area contributed by atoms with Crippen LogP contribution in [0.25, 0.3) is 33.2 Å². The highest BCUT2D eigenvalue weighted by atomic mass is 16.5. The van der Waals surface area contributed by atoms with Crippen LogP contribution in [0.3, 0.4) is 0 Å². The molecule has 2 aromatic carbocycles. The van der Waals surface area contributed by atoms with Gasteiger partial charge in [-0.2, -0.15) is 0 Å². The molecule has 2 fully saturated rings. The van der Waals surface area contributed by atoms with Crippen molar-refractivity contribution in [3.05, 3.63) is 78.1 Å². The zero-order valence-electron chi connectivity index (χ0n) is 20.2. The number of nitrogens with zero attached hydrogens (tertiary/aromatic N) is 3. The van der Waals surface area contributed by atoms with Crippen molar-refractivity contribution in [2.75, 3.05) is 18.0 Å². The third-order valence-corrected chi connectivity index (χ3v) is 7.09. The number of para-hydroxylation sites is 1. The quantitative estimate of drug-likeness (QED) is 0.345. The van der Waals surface area contributed by atoms with Crippen LogP contribution in [0.5, 0.6) is 0 Å². The van der Waals surface area contributed by atoms with Gasteiger partial charge in [-0.15, -0.1) is 0 Å². The van der Waals surface area contributed by atoms with Gasteiger partial charge < -0.3 is 9.64 Å². The van der Waals surface area contributed by atoms with Crippen molar-refractivity contribution in [2.24, 2.45) is 0 Å². The number of aryl methyl sites for hydroxylation is 1. The van der Waals surface area contributed by atoms with Gasteiger partial charge in [0, 0.05) is 47.6 Å². The maximum absolute atomic E-state index is 5.89. The molecule has 4 heteroatoms. The number of ether oxygens (including phenoxy) is 1. The molecule has 172 valence electrons. The average molecular weight is 450 g/mol. The van der Waals surface area contributed by atoms with E-state index in [0.717, 1.165) is 30.0 Å². The number of fused-ring (bicyclic) bond motifs is 1. The van der Waals surface area contributed by atoms with Crippen molar-refractivity contribution in [1.82, 2.24) is 9.97 Å². The van der Waals surface area contributed by atoms with Gasteiger partial charge in [-0.05, 0) is 62.8 Å². The lowest BCUT2D eigenvalue weighted by Crippen LogP contribution is -2.45. The Balaban J connectivity index is 1.41. The molecule has 34 heavy (non-hydrogen) atoms. The van der Waals surface area contributed by atoms with Crippen LogP contribution in [-0.2, 0) is 4.74 Å². The van der Waals surface area contributed by atoms with Gasteiger partial charge in [0.1, 0.15) is 5.82 Å². The molecule has 1 saturated carbocycles. The number of pyridine rings is 2. The molecule has 0 unspecified atom stereocenters. The van der Waals surface area contributed by atoms with Gasteiger partial charge in [-0.3, -0.25) is 4.98 Å². The predicted octanol–water partition coefficient (Wildman–Crippen LogP) is 6.76. The van der Waals surface area contributed by atoms with Gasteiger partial charge in [0.2, 0.25) is 0 Å². The zero-order valence-corrected chi connectivity index (χ0v) is 20.2. The Labute approximate surface area is 201 Å². The Morgan fingerprint density at radius 1 is 0.794 bits per heavy atom. The first-order valence-corrected chi connectivity index (χ1v) is 12.4. The molecule has 1 aliphatic heterocycles. The van der Waals surface area contributed by atoms with Crippen molar-refractivity contribution < 1.29 is 4.74 Å². The summed E-state index contributed by atoms with van der Waals surface area (Å²) < 4.78 is 5.89. The Morgan fingerprint density at radius 3 is 2.21 bits per heavy atom. The molecule has 4 nitrogen and oxygen atoms in total. The molecule has 4 aromatic rings. The van der Waals surface area contributed by atoms with Crippen LogP contribution in [0.15, 0.2) is 67.0 Å². The molecule has 2 aliphatic rings. The topological polar surface area (TPSA) is 38.2 Å². The van der Waals surface area contributed by atoms with Crippen molar-refractivity contribution in [2.45, 2.75) is 51.7 Å². The number of morpholine rings is 1. The molecule has 2 aromatic heterocycles. The fourth-order valence-corrected chi connectivity index (χ4v) is 5.35. The van der Waals surface area contributed by atoms with E-state index in [1.807, 2.05) is 6.20 Å². The monoisotopic (exact) mass is 449 g/mol. The summed E-state index contributed by atoms with van der Waals surface area (Å²) >= 11 is 0. The van der Waals surface area contributed by atoms with Crippen LogP contribution in [0.1, 0.15) is 43.7 Å². The van der Waals surface area contributed by atoms with Crippen molar-refractivity contribution in [3.63, 3.8) is 0 Å². The second-order valence-corrected chi connectivity index (χ2v) is 9.99. The summed E-state index contributed by atoms with van der Waals surface area (Å²) in [5.74, 6) is 1.63. The summed E-state index contributed by atoms with van der Waals surface area (Å²) in [6.45, 7) is 8.14. The minimum atomic E-state index is 0.221. The van der Waals surface area contributed by atoms with E-state index >= 15 is 0 Å². The SMILES string of the molecule is Cc1ccc(-c2cccc3c(C4CC4)c(-c4ccc(N5C[C@@H](C)O[C@@H](C)C5)nc4)cnc23)cc1. The number of hydrogen-bond donors (Lipinski definition) is 0. The van der Waals surface area contributed by atoms with E-state index in [9.17, 15) is 0 Å². The Bertz CT molecular complexity index is 1320. The molecular formula is C30H31N3O. The first-order valence-electron chi connectivity index (χ1n) is 12.4. The first kappa shape index (κ1) is 21.3. The predicted molar refractivity (Wildman–Crippen MR) is 139 cm³/mol. The van der Waals surface area contributed by atoms with E-state index in [2.05, 4.69) is 86.5 Å². The molecule has 1 aliphatic carbocycles. The van der Waals surface area contributed by atoms with Crippen LogP contribution >= 0.6 is 0 Å². The maximum Gasteiger partial charge on any atom is 0.128 e. The van der Waals surface area contributed by atoms with E-state index in [4.69, 9.17) is 14.7 Å². The number of rotatable bonds is 4. The molecule has 0 bridgehead atoms. The lowest BCUT2D eigenvalue weighted by molar-refractivity contribution is -0.00545. The van der Waals surface area contributed by atoms with Crippen LogP contribution in [0, 0.1) is 6.92 Å². The van der Waals surface area contributed by atoms with E-state index in [1.165, 1.54) is 46.0 Å². The fourth-order valence-electron chi connectivity index (χ4n) is 5.35. The second-order valence-electron chi connectivity index (χ2n) is 9.99. The molecule has 0 spiro atoms. The third kappa shape index (κ3) is 3.97. The summed E-state index contributed by atoms with van der Waals surface area (Å²) in [5, 5.41) is 1.28. The molecule has 6 rings (SSSR count). The number of aromatic nitrogens is 2. The first-order chi connectivity index (χ1) is 16.6. The highest BCUT2D eigenvalue weighted by molar-refractivity contribution is 5.98. The Morgan fingerprint density at radius 2 is 1.53 bits per heavy atom. The summed E-state index contributed by atoms with van der Waals surface area (Å²) in [6.07, 6.45) is 7.03. The lowest BCUT2D eigenvalue weighted by atomic mass is 9.92. The van der Waals surface area contributed by atoms with Crippen LogP contribution in [0.4, 0.5) is 5.82 Å². The third-order valence-electron chi connectivity index (χ3n) is 7.09. The van der Waals surface area contributed by atoms with Gasteiger partial charge in [0.05, 0.1) is 17.7 Å². The summed E-state index contributed by atoms with van der Waals surface area (Å²) in [6, 6.07) is 19.7. The van der Waals surface area contributed by atoms with Gasteiger partial charge >= 0.3 is 0 Å². The smallest absolute Gasteiger partial charge is 0.128 e. The van der Waals surface area contributed by atoms with E-state index < -0.39 is 0 Å². The molecule has 2 atom stereocenters. The van der Waals surface area contributed by atoms with Gasteiger partial charge in [0.15, 0.2) is 0 Å². The molecule has 3 heterocycles. The summed E-state index contributed by atoms with van der Waals surface area (Å²) in [4.78, 5) is 12.2. The van der Waals surface area contributed by atoms with Gasteiger partial charge in [-0.25, -0.2) is 4.98 Å². The molecule has 0 amide bonds. The molecular weight excluding hydrogens is 418 g/mol. The molecule has 1 saturated heterocycles. The standard InChI is InChI=1S/C30H31N3O/c1-19-7-9-22(10-8-19)25-5-4-6-26-29(23-11-12-23)27(16-32-30(25)26)24-13-14-28(31-15-24)33-17-20(2)34-21(3)18-33/h4-10,13-16,20-21,23H,11-12,17-18H2,1-3H3/t20-,21+. The van der Waals surface area contributed by atoms with E-state index in [1.54, 1.807) is 0 Å². The van der Waals surface area contributed by atoms with Crippen LogP contribution in [-0.4, -0.2) is 35.3 Å². The normalized spacial score (nSPS) is 20.6.